The molecule has 2 aliphatic heterocycles. The monoisotopic (exact) mass is 281 g/mol. The first-order chi connectivity index (χ1) is 9.50. The minimum absolute atomic E-state index is 0.0863. The molecular formula is C15H27N3O2. The van der Waals surface area contributed by atoms with Gasteiger partial charge in [-0.05, 0) is 38.6 Å². The normalized spacial score (nSPS) is 27.6. The maximum Gasteiger partial charge on any atom is 0.242 e. The summed E-state index contributed by atoms with van der Waals surface area (Å²) in [5, 5.41) is 3.40. The minimum Gasteiger partial charge on any atom is -0.349 e. The van der Waals surface area contributed by atoms with Gasteiger partial charge in [-0.2, -0.15) is 0 Å². The summed E-state index contributed by atoms with van der Waals surface area (Å²) in [5.74, 6) is 0.526. The van der Waals surface area contributed by atoms with Crippen LogP contribution in [-0.2, 0) is 9.59 Å². The third-order valence-electron chi connectivity index (χ3n) is 4.83. The summed E-state index contributed by atoms with van der Waals surface area (Å²) in [7, 11) is 3.60. The van der Waals surface area contributed by atoms with Gasteiger partial charge in [-0.25, -0.2) is 0 Å². The van der Waals surface area contributed by atoms with E-state index < -0.39 is 0 Å². The van der Waals surface area contributed by atoms with Gasteiger partial charge in [-0.15, -0.1) is 0 Å². The zero-order chi connectivity index (χ0) is 14.8. The average molecular weight is 281 g/mol. The summed E-state index contributed by atoms with van der Waals surface area (Å²) in [6.45, 7) is 4.45. The van der Waals surface area contributed by atoms with Crippen molar-refractivity contribution in [2.75, 3.05) is 33.7 Å². The topological polar surface area (TPSA) is 52.7 Å². The Hall–Kier alpha value is -1.10. The van der Waals surface area contributed by atoms with Crippen LogP contribution in [0.2, 0.25) is 0 Å². The fourth-order valence-electron chi connectivity index (χ4n) is 3.44. The molecule has 0 aliphatic carbocycles. The van der Waals surface area contributed by atoms with E-state index in [0.717, 1.165) is 38.6 Å². The molecule has 20 heavy (non-hydrogen) atoms. The number of nitrogens with one attached hydrogen (secondary N) is 1. The van der Waals surface area contributed by atoms with Gasteiger partial charge in [0, 0.05) is 33.1 Å². The number of carbonyl (C=O) groups excluding carboxylic acids is 2. The molecule has 2 aliphatic rings. The van der Waals surface area contributed by atoms with Crippen LogP contribution >= 0.6 is 0 Å². The first-order valence-electron chi connectivity index (χ1n) is 7.76. The second-order valence-electron chi connectivity index (χ2n) is 6.27. The number of rotatable bonds is 3. The largest absolute Gasteiger partial charge is 0.349 e. The van der Waals surface area contributed by atoms with Crippen molar-refractivity contribution in [1.82, 2.24) is 15.1 Å². The van der Waals surface area contributed by atoms with Crippen molar-refractivity contribution in [2.45, 2.75) is 44.6 Å². The van der Waals surface area contributed by atoms with E-state index in [-0.39, 0.29) is 23.3 Å². The van der Waals surface area contributed by atoms with Crippen molar-refractivity contribution < 1.29 is 9.59 Å². The zero-order valence-electron chi connectivity index (χ0n) is 12.9. The Labute approximate surface area is 121 Å². The summed E-state index contributed by atoms with van der Waals surface area (Å²) in [5.41, 5.74) is -0.335. The SMILES string of the molecule is CCC1(C(=O)N2CCC(C(=O)N(C)C)CC2)CCCN1. The van der Waals surface area contributed by atoms with Gasteiger partial charge >= 0.3 is 0 Å². The second kappa shape index (κ2) is 6.12. The Morgan fingerprint density at radius 2 is 1.95 bits per heavy atom. The molecule has 0 saturated carbocycles. The number of hydrogen-bond acceptors (Lipinski definition) is 3. The lowest BCUT2D eigenvalue weighted by atomic mass is 9.89. The summed E-state index contributed by atoms with van der Waals surface area (Å²) >= 11 is 0. The van der Waals surface area contributed by atoms with Gasteiger partial charge in [0.15, 0.2) is 0 Å². The lowest BCUT2D eigenvalue weighted by Gasteiger charge is -2.38. The van der Waals surface area contributed by atoms with E-state index >= 15 is 0 Å². The third-order valence-corrected chi connectivity index (χ3v) is 4.83. The van der Waals surface area contributed by atoms with Crippen molar-refractivity contribution in [3.63, 3.8) is 0 Å². The number of nitrogens with zero attached hydrogens (tertiary/aromatic N) is 2. The van der Waals surface area contributed by atoms with Gasteiger partial charge in [0.1, 0.15) is 0 Å². The standard InChI is InChI=1S/C15H27N3O2/c1-4-15(8-5-9-16-15)14(20)18-10-6-12(7-11-18)13(19)17(2)3/h12,16H,4-11H2,1-3H3. The quantitative estimate of drug-likeness (QED) is 0.834. The van der Waals surface area contributed by atoms with Crippen LogP contribution in [-0.4, -0.2) is 60.9 Å². The molecule has 5 nitrogen and oxygen atoms in total. The Morgan fingerprint density at radius 1 is 1.30 bits per heavy atom. The van der Waals surface area contributed by atoms with Gasteiger partial charge in [0.2, 0.25) is 11.8 Å². The molecule has 0 aromatic carbocycles. The molecule has 2 fully saturated rings. The highest BCUT2D eigenvalue weighted by Gasteiger charge is 2.42. The number of amides is 2. The molecule has 2 rings (SSSR count). The third kappa shape index (κ3) is 2.82. The Morgan fingerprint density at radius 3 is 2.40 bits per heavy atom. The molecule has 0 spiro atoms. The molecule has 5 heteroatoms. The summed E-state index contributed by atoms with van der Waals surface area (Å²) in [6.07, 6.45) is 4.46. The maximum atomic E-state index is 12.7. The Kier molecular flexibility index (Phi) is 4.68. The molecule has 0 aromatic rings. The Balaban J connectivity index is 1.93. The predicted octanol–water partition coefficient (Wildman–Crippen LogP) is 0.845. The lowest BCUT2D eigenvalue weighted by Crippen LogP contribution is -2.56. The second-order valence-corrected chi connectivity index (χ2v) is 6.27. The van der Waals surface area contributed by atoms with Crippen molar-refractivity contribution in [3.8, 4) is 0 Å². The number of hydrogen-bond donors (Lipinski definition) is 1. The highest BCUT2D eigenvalue weighted by atomic mass is 16.2. The van der Waals surface area contributed by atoms with Crippen molar-refractivity contribution >= 4 is 11.8 Å². The lowest BCUT2D eigenvalue weighted by molar-refractivity contribution is -0.143. The average Bonchev–Trinajstić information content (AvgIpc) is 2.96. The van der Waals surface area contributed by atoms with Crippen LogP contribution in [0.5, 0.6) is 0 Å². The van der Waals surface area contributed by atoms with Crippen LogP contribution in [0.15, 0.2) is 0 Å². The van der Waals surface area contributed by atoms with E-state index in [0.29, 0.717) is 13.1 Å². The van der Waals surface area contributed by atoms with E-state index in [4.69, 9.17) is 0 Å². The van der Waals surface area contributed by atoms with E-state index in [1.165, 1.54) is 0 Å². The molecule has 1 N–H and O–H groups in total. The van der Waals surface area contributed by atoms with Crippen LogP contribution in [0.4, 0.5) is 0 Å². The van der Waals surface area contributed by atoms with E-state index in [1.54, 1.807) is 19.0 Å². The summed E-state index contributed by atoms with van der Waals surface area (Å²) in [6, 6.07) is 0. The first-order valence-corrected chi connectivity index (χ1v) is 7.76. The molecule has 2 heterocycles. The van der Waals surface area contributed by atoms with E-state index in [9.17, 15) is 9.59 Å². The summed E-state index contributed by atoms with van der Waals surface area (Å²) in [4.78, 5) is 28.3. The number of carbonyl (C=O) groups is 2. The number of likely N-dealkylation sites (tertiary alicyclic amines) is 1. The zero-order valence-corrected chi connectivity index (χ0v) is 12.9. The van der Waals surface area contributed by atoms with Gasteiger partial charge in [-0.1, -0.05) is 6.92 Å². The summed E-state index contributed by atoms with van der Waals surface area (Å²) < 4.78 is 0. The van der Waals surface area contributed by atoms with Crippen LogP contribution in [0, 0.1) is 5.92 Å². The molecule has 0 bridgehead atoms. The fourth-order valence-corrected chi connectivity index (χ4v) is 3.44. The molecule has 0 radical (unpaired) electrons. The molecule has 2 amide bonds. The molecular weight excluding hydrogens is 254 g/mol. The smallest absolute Gasteiger partial charge is 0.242 e. The van der Waals surface area contributed by atoms with Gasteiger partial charge in [-0.3, -0.25) is 9.59 Å². The molecule has 2 saturated heterocycles. The molecule has 1 atom stereocenters. The molecule has 114 valence electrons. The van der Waals surface area contributed by atoms with Crippen molar-refractivity contribution in [3.05, 3.63) is 0 Å². The van der Waals surface area contributed by atoms with Crippen LogP contribution in [0.1, 0.15) is 39.0 Å². The molecule has 1 unspecified atom stereocenters. The van der Waals surface area contributed by atoms with E-state index in [2.05, 4.69) is 12.2 Å². The highest BCUT2D eigenvalue weighted by molar-refractivity contribution is 5.87. The maximum absolute atomic E-state index is 12.7. The number of piperidine rings is 1. The van der Waals surface area contributed by atoms with Crippen molar-refractivity contribution in [2.24, 2.45) is 5.92 Å². The predicted molar refractivity (Wildman–Crippen MR) is 78.3 cm³/mol. The Bertz CT molecular complexity index is 367. The highest BCUT2D eigenvalue weighted by Crippen LogP contribution is 2.28. The van der Waals surface area contributed by atoms with Crippen LogP contribution in [0.25, 0.3) is 0 Å². The van der Waals surface area contributed by atoms with Crippen LogP contribution < -0.4 is 5.32 Å². The van der Waals surface area contributed by atoms with Gasteiger partial charge in [0.25, 0.3) is 0 Å². The van der Waals surface area contributed by atoms with E-state index in [1.807, 2.05) is 4.90 Å². The van der Waals surface area contributed by atoms with Crippen molar-refractivity contribution in [1.29, 1.82) is 0 Å². The van der Waals surface area contributed by atoms with Gasteiger partial charge < -0.3 is 15.1 Å². The van der Waals surface area contributed by atoms with Crippen LogP contribution in [0.3, 0.4) is 0 Å². The fraction of sp³-hybridized carbons (Fsp3) is 0.867. The van der Waals surface area contributed by atoms with Gasteiger partial charge in [0.05, 0.1) is 5.54 Å². The minimum atomic E-state index is -0.335. The first kappa shape index (κ1) is 15.3. The molecule has 0 aromatic heterocycles.